The summed E-state index contributed by atoms with van der Waals surface area (Å²) < 4.78 is 0. The van der Waals surface area contributed by atoms with Gasteiger partial charge in [-0.25, -0.2) is 0 Å². The van der Waals surface area contributed by atoms with Crippen LogP contribution in [0.3, 0.4) is 0 Å². The summed E-state index contributed by atoms with van der Waals surface area (Å²) in [6, 6.07) is 0. The van der Waals surface area contributed by atoms with Crippen LogP contribution in [0.4, 0.5) is 0 Å². The zero-order valence-electron chi connectivity index (χ0n) is 9.71. The van der Waals surface area contributed by atoms with Crippen molar-refractivity contribution in [2.24, 2.45) is 11.3 Å². The molecule has 0 aliphatic heterocycles. The Kier molecular flexibility index (Phi) is 1.85. The number of hydrogen-bond donors (Lipinski definition) is 1. The van der Waals surface area contributed by atoms with Crippen molar-refractivity contribution in [3.63, 3.8) is 0 Å². The Labute approximate surface area is 95.4 Å². The van der Waals surface area contributed by atoms with Gasteiger partial charge in [0.2, 0.25) is 0 Å². The molecular formula is C14H16O2. The minimum atomic E-state index is 0.0228. The van der Waals surface area contributed by atoms with Crippen LogP contribution >= 0.6 is 0 Å². The van der Waals surface area contributed by atoms with Crippen molar-refractivity contribution in [1.29, 1.82) is 0 Å². The average Bonchev–Trinajstić information content (AvgIpc) is 2.97. The molecule has 16 heavy (non-hydrogen) atoms. The number of aliphatic hydroxyl groups is 1. The Morgan fingerprint density at radius 2 is 2.12 bits per heavy atom. The van der Waals surface area contributed by atoms with Gasteiger partial charge >= 0.3 is 0 Å². The topological polar surface area (TPSA) is 37.3 Å². The number of fused-ring (bicyclic) bond motifs is 1. The van der Waals surface area contributed by atoms with E-state index in [4.69, 9.17) is 5.11 Å². The second-order valence-corrected chi connectivity index (χ2v) is 5.22. The quantitative estimate of drug-likeness (QED) is 0.729. The summed E-state index contributed by atoms with van der Waals surface area (Å²) >= 11 is 0. The summed E-state index contributed by atoms with van der Waals surface area (Å²) in [6.45, 7) is 4.22. The molecule has 1 unspecified atom stereocenters. The van der Waals surface area contributed by atoms with E-state index in [1.54, 1.807) is 0 Å². The highest BCUT2D eigenvalue weighted by Crippen LogP contribution is 2.62. The molecule has 0 saturated heterocycles. The van der Waals surface area contributed by atoms with Crippen molar-refractivity contribution in [2.75, 3.05) is 6.61 Å². The number of allylic oxidation sites excluding steroid dienone is 4. The molecule has 0 aromatic heterocycles. The van der Waals surface area contributed by atoms with Crippen LogP contribution in [0.1, 0.15) is 26.7 Å². The molecule has 2 nitrogen and oxygen atoms in total. The highest BCUT2D eigenvalue weighted by atomic mass is 16.3. The van der Waals surface area contributed by atoms with E-state index in [1.165, 1.54) is 5.57 Å². The first-order chi connectivity index (χ1) is 7.60. The molecule has 84 valence electrons. The van der Waals surface area contributed by atoms with Crippen molar-refractivity contribution in [1.82, 2.24) is 0 Å². The van der Waals surface area contributed by atoms with Gasteiger partial charge in [0, 0.05) is 16.9 Å². The van der Waals surface area contributed by atoms with E-state index in [0.717, 1.165) is 29.6 Å². The number of aliphatic hydroxyl groups excluding tert-OH is 1. The molecule has 1 fully saturated rings. The number of hydrogen-bond acceptors (Lipinski definition) is 2. The van der Waals surface area contributed by atoms with Crippen LogP contribution in [0.15, 0.2) is 34.4 Å². The van der Waals surface area contributed by atoms with Crippen LogP contribution in [-0.4, -0.2) is 17.5 Å². The molecule has 1 N–H and O–H groups in total. The van der Waals surface area contributed by atoms with Crippen LogP contribution in [-0.2, 0) is 4.79 Å². The fraction of sp³-hybridized carbons (Fsp3) is 0.500. The third-order valence-electron chi connectivity index (χ3n) is 4.56. The molecule has 3 aliphatic rings. The number of carbonyl (C=O) groups excluding carboxylic acids is 1. The Morgan fingerprint density at radius 1 is 1.44 bits per heavy atom. The van der Waals surface area contributed by atoms with Crippen molar-refractivity contribution in [2.45, 2.75) is 26.7 Å². The summed E-state index contributed by atoms with van der Waals surface area (Å²) in [5, 5.41) is 9.15. The monoisotopic (exact) mass is 216 g/mol. The Morgan fingerprint density at radius 3 is 2.69 bits per heavy atom. The molecule has 3 aliphatic carbocycles. The maximum Gasteiger partial charge on any atom is 0.167 e. The normalized spacial score (nSPS) is 30.4. The predicted molar refractivity (Wildman–Crippen MR) is 61.8 cm³/mol. The maximum atomic E-state index is 12.3. The van der Waals surface area contributed by atoms with Gasteiger partial charge < -0.3 is 5.11 Å². The van der Waals surface area contributed by atoms with Gasteiger partial charge in [-0.05, 0) is 43.1 Å². The zero-order valence-corrected chi connectivity index (χ0v) is 9.71. The zero-order chi connectivity index (χ0) is 11.5. The van der Waals surface area contributed by atoms with Crippen LogP contribution in [0.2, 0.25) is 0 Å². The lowest BCUT2D eigenvalue weighted by Gasteiger charge is -2.31. The molecule has 0 amide bonds. The number of carbonyl (C=O) groups is 1. The highest BCUT2D eigenvalue weighted by molar-refractivity contribution is 6.06. The average molecular weight is 216 g/mol. The molecule has 1 spiro atoms. The SMILES string of the molecule is CC1=C2C=C(CO)C=C2C(=O)C(C)C12CC2. The molecule has 0 heterocycles. The van der Waals surface area contributed by atoms with E-state index >= 15 is 0 Å². The van der Waals surface area contributed by atoms with E-state index in [0.29, 0.717) is 0 Å². The second kappa shape index (κ2) is 2.95. The molecule has 3 rings (SSSR count). The number of rotatable bonds is 1. The van der Waals surface area contributed by atoms with E-state index < -0.39 is 0 Å². The maximum absolute atomic E-state index is 12.3. The van der Waals surface area contributed by atoms with Gasteiger partial charge in [0.25, 0.3) is 0 Å². The molecule has 2 heteroatoms. The molecule has 0 bridgehead atoms. The van der Waals surface area contributed by atoms with E-state index in [2.05, 4.69) is 6.92 Å². The van der Waals surface area contributed by atoms with Crippen LogP contribution < -0.4 is 0 Å². The van der Waals surface area contributed by atoms with Gasteiger partial charge in [-0.15, -0.1) is 0 Å². The molecule has 0 aromatic rings. The van der Waals surface area contributed by atoms with Crippen LogP contribution in [0.5, 0.6) is 0 Å². The minimum Gasteiger partial charge on any atom is -0.392 e. The summed E-state index contributed by atoms with van der Waals surface area (Å²) in [6.07, 6.45) is 6.12. The summed E-state index contributed by atoms with van der Waals surface area (Å²) in [7, 11) is 0. The molecule has 1 atom stereocenters. The third-order valence-corrected chi connectivity index (χ3v) is 4.56. The Bertz CT molecular complexity index is 473. The highest BCUT2D eigenvalue weighted by Gasteiger charge is 2.55. The second-order valence-electron chi connectivity index (χ2n) is 5.22. The van der Waals surface area contributed by atoms with Crippen molar-refractivity contribution in [3.8, 4) is 0 Å². The Hall–Kier alpha value is -1.15. The fourth-order valence-corrected chi connectivity index (χ4v) is 3.19. The lowest BCUT2D eigenvalue weighted by Crippen LogP contribution is -2.30. The standard InChI is InChI=1S/C14H16O2/c1-8-11-5-10(7-15)6-12(11)13(16)9(2)14(8)3-4-14/h5-6,9,15H,3-4,7H2,1-2H3. The van der Waals surface area contributed by atoms with Gasteiger partial charge in [-0.2, -0.15) is 0 Å². The molecular weight excluding hydrogens is 200 g/mol. The first-order valence-corrected chi connectivity index (χ1v) is 5.89. The lowest BCUT2D eigenvalue weighted by molar-refractivity contribution is -0.120. The predicted octanol–water partition coefficient (Wildman–Crippen LogP) is 2.16. The summed E-state index contributed by atoms with van der Waals surface area (Å²) in [5.74, 6) is 0.381. The largest absolute Gasteiger partial charge is 0.392 e. The van der Waals surface area contributed by atoms with E-state index in [1.807, 2.05) is 19.1 Å². The molecule has 0 aromatic carbocycles. The van der Waals surface area contributed by atoms with Gasteiger partial charge in [0.05, 0.1) is 6.61 Å². The van der Waals surface area contributed by atoms with Crippen molar-refractivity contribution >= 4 is 5.78 Å². The molecule has 0 radical (unpaired) electrons. The summed E-state index contributed by atoms with van der Waals surface area (Å²) in [4.78, 5) is 12.3. The van der Waals surface area contributed by atoms with Gasteiger partial charge in [-0.3, -0.25) is 4.79 Å². The number of Topliss-reactive ketones (excluding diaryl/α,β-unsaturated/α-hetero) is 1. The number of ketones is 1. The van der Waals surface area contributed by atoms with Gasteiger partial charge in [-0.1, -0.05) is 12.5 Å². The van der Waals surface area contributed by atoms with Gasteiger partial charge in [0.15, 0.2) is 5.78 Å². The van der Waals surface area contributed by atoms with Crippen molar-refractivity contribution < 1.29 is 9.90 Å². The van der Waals surface area contributed by atoms with Crippen LogP contribution in [0, 0.1) is 11.3 Å². The van der Waals surface area contributed by atoms with E-state index in [-0.39, 0.29) is 23.7 Å². The fourth-order valence-electron chi connectivity index (χ4n) is 3.19. The lowest BCUT2D eigenvalue weighted by atomic mass is 9.71. The first kappa shape index (κ1) is 10.0. The summed E-state index contributed by atoms with van der Waals surface area (Å²) in [5.41, 5.74) is 4.29. The van der Waals surface area contributed by atoms with Crippen molar-refractivity contribution in [3.05, 3.63) is 34.4 Å². The van der Waals surface area contributed by atoms with E-state index in [9.17, 15) is 4.79 Å². The molecule has 1 saturated carbocycles. The first-order valence-electron chi connectivity index (χ1n) is 5.89. The minimum absolute atomic E-state index is 0.0228. The third kappa shape index (κ3) is 1.03. The smallest absolute Gasteiger partial charge is 0.167 e. The Balaban J connectivity index is 2.18. The van der Waals surface area contributed by atoms with Gasteiger partial charge in [0.1, 0.15) is 0 Å². The van der Waals surface area contributed by atoms with Crippen LogP contribution in [0.25, 0.3) is 0 Å².